The van der Waals surface area contributed by atoms with Gasteiger partial charge in [-0.1, -0.05) is 31.5 Å². The van der Waals surface area contributed by atoms with Crippen molar-refractivity contribution >= 4 is 23.3 Å². The molecule has 1 aromatic carbocycles. The smallest absolute Gasteiger partial charge is 0.322 e. The molecule has 1 rings (SSSR count). The molecule has 2 amide bonds. The van der Waals surface area contributed by atoms with Crippen molar-refractivity contribution in [2.75, 3.05) is 38.7 Å². The van der Waals surface area contributed by atoms with Crippen LogP contribution >= 0.6 is 11.6 Å². The number of aliphatic hydroxyl groups is 1. The highest BCUT2D eigenvalue weighted by Gasteiger charge is 2.17. The van der Waals surface area contributed by atoms with Crippen molar-refractivity contribution in [1.29, 1.82) is 0 Å². The molecule has 0 aliphatic heterocycles. The van der Waals surface area contributed by atoms with Crippen LogP contribution in [0.5, 0.6) is 0 Å². The van der Waals surface area contributed by atoms with Crippen LogP contribution < -0.4 is 5.32 Å². The number of halogens is 1. The molecule has 0 aliphatic carbocycles. The predicted molar refractivity (Wildman–Crippen MR) is 89.8 cm³/mol. The normalized spacial score (nSPS) is 10.6. The molecule has 1 aromatic rings. The molecule has 0 atom stereocenters. The van der Waals surface area contributed by atoms with Gasteiger partial charge in [0.2, 0.25) is 0 Å². The van der Waals surface area contributed by atoms with Crippen molar-refractivity contribution in [3.8, 4) is 0 Å². The first-order valence-corrected chi connectivity index (χ1v) is 7.92. The molecule has 0 saturated heterocycles. The highest BCUT2D eigenvalue weighted by atomic mass is 35.5. The minimum atomic E-state index is -0.252. The summed E-state index contributed by atoms with van der Waals surface area (Å²) in [5.41, 5.74) is 2.76. The molecule has 0 aromatic heterocycles. The third-order valence-corrected chi connectivity index (χ3v) is 3.88. The van der Waals surface area contributed by atoms with Crippen LogP contribution in [0.3, 0.4) is 0 Å². The first-order chi connectivity index (χ1) is 10.6. The number of carbonyl (C=O) groups is 1. The number of hydrogen-bond acceptors (Lipinski definition) is 3. The summed E-state index contributed by atoms with van der Waals surface area (Å²) in [7, 11) is 1.58. The number of amides is 2. The minimum Gasteiger partial charge on any atom is -0.395 e. The number of nitrogens with one attached hydrogen (secondary N) is 1. The van der Waals surface area contributed by atoms with E-state index < -0.39 is 0 Å². The van der Waals surface area contributed by atoms with Gasteiger partial charge in [-0.15, -0.1) is 0 Å². The number of aryl methyl sites for hydroxylation is 1. The first kappa shape index (κ1) is 18.7. The van der Waals surface area contributed by atoms with E-state index in [2.05, 4.69) is 5.32 Å². The van der Waals surface area contributed by atoms with E-state index in [-0.39, 0.29) is 19.2 Å². The zero-order valence-electron chi connectivity index (χ0n) is 13.5. The Morgan fingerprint density at radius 3 is 2.59 bits per heavy atom. The summed E-state index contributed by atoms with van der Waals surface area (Å²) >= 11 is 6.24. The minimum absolute atomic E-state index is 0.0893. The molecular formula is C16H25ClN2O3. The molecule has 0 bridgehead atoms. The molecule has 0 aliphatic rings. The maximum atomic E-state index is 12.5. The summed E-state index contributed by atoms with van der Waals surface area (Å²) in [4.78, 5) is 14.0. The zero-order valence-corrected chi connectivity index (χ0v) is 14.2. The Hall–Kier alpha value is -1.30. The Labute approximate surface area is 137 Å². The Morgan fingerprint density at radius 2 is 2.05 bits per heavy atom. The van der Waals surface area contributed by atoms with Gasteiger partial charge in [0, 0.05) is 25.2 Å². The summed E-state index contributed by atoms with van der Waals surface area (Å²) in [5.74, 6) is 0. The van der Waals surface area contributed by atoms with E-state index in [1.165, 1.54) is 4.90 Å². The van der Waals surface area contributed by atoms with Crippen LogP contribution in [0.15, 0.2) is 12.1 Å². The number of urea groups is 1. The van der Waals surface area contributed by atoms with Crippen molar-refractivity contribution in [2.45, 2.75) is 26.7 Å². The van der Waals surface area contributed by atoms with Crippen molar-refractivity contribution in [3.05, 3.63) is 28.3 Å². The molecule has 2 N–H and O–H groups in total. The Bertz CT molecular complexity index is 495. The second-order valence-electron chi connectivity index (χ2n) is 4.90. The average Bonchev–Trinajstić information content (AvgIpc) is 2.51. The quantitative estimate of drug-likeness (QED) is 0.771. The molecule has 6 heteroatoms. The van der Waals surface area contributed by atoms with E-state index >= 15 is 0 Å². The summed E-state index contributed by atoms with van der Waals surface area (Å²) in [6, 6.07) is 3.55. The lowest BCUT2D eigenvalue weighted by Crippen LogP contribution is -2.39. The van der Waals surface area contributed by atoms with Crippen molar-refractivity contribution < 1.29 is 14.6 Å². The third kappa shape index (κ3) is 4.87. The lowest BCUT2D eigenvalue weighted by Gasteiger charge is -2.24. The van der Waals surface area contributed by atoms with Gasteiger partial charge in [0.05, 0.1) is 18.9 Å². The predicted octanol–water partition coefficient (Wildman–Crippen LogP) is 2.94. The number of anilines is 1. The lowest BCUT2D eigenvalue weighted by molar-refractivity contribution is 0.142. The summed E-state index contributed by atoms with van der Waals surface area (Å²) in [6.07, 6.45) is 1.54. The van der Waals surface area contributed by atoms with Crippen LogP contribution in [0.2, 0.25) is 5.02 Å². The number of nitrogens with zero attached hydrogens (tertiary/aromatic N) is 1. The maximum absolute atomic E-state index is 12.5. The van der Waals surface area contributed by atoms with E-state index in [9.17, 15) is 4.79 Å². The molecule has 0 heterocycles. The fourth-order valence-electron chi connectivity index (χ4n) is 2.29. The van der Waals surface area contributed by atoms with Crippen molar-refractivity contribution in [1.82, 2.24) is 4.90 Å². The first-order valence-electron chi connectivity index (χ1n) is 7.54. The monoisotopic (exact) mass is 328 g/mol. The fourth-order valence-corrected chi connectivity index (χ4v) is 2.58. The zero-order chi connectivity index (χ0) is 16.5. The maximum Gasteiger partial charge on any atom is 0.322 e. The summed E-state index contributed by atoms with van der Waals surface area (Å²) in [6.45, 7) is 5.06. The van der Waals surface area contributed by atoms with Gasteiger partial charge in [0.1, 0.15) is 0 Å². The number of rotatable bonds is 8. The number of benzene rings is 1. The SMILES string of the molecule is CCc1ccc(Cl)c(CC)c1NC(=O)N(CCO)CCOC. The average molecular weight is 329 g/mol. The number of ether oxygens (including phenoxy) is 1. The molecule has 0 radical (unpaired) electrons. The Balaban J connectivity index is 3.00. The number of aliphatic hydroxyl groups excluding tert-OH is 1. The van der Waals surface area contributed by atoms with Gasteiger partial charge < -0.3 is 20.1 Å². The second kappa shape index (κ2) is 9.66. The van der Waals surface area contributed by atoms with Crippen LogP contribution in [0, 0.1) is 0 Å². The van der Waals surface area contributed by atoms with Gasteiger partial charge in [-0.25, -0.2) is 4.79 Å². The lowest BCUT2D eigenvalue weighted by atomic mass is 10.0. The Kier molecular flexibility index (Phi) is 8.24. The highest BCUT2D eigenvalue weighted by molar-refractivity contribution is 6.31. The van der Waals surface area contributed by atoms with Gasteiger partial charge in [0.25, 0.3) is 0 Å². The van der Waals surface area contributed by atoms with Gasteiger partial charge in [0.15, 0.2) is 0 Å². The molecular weight excluding hydrogens is 304 g/mol. The molecule has 0 unspecified atom stereocenters. The molecule has 0 spiro atoms. The van der Waals surface area contributed by atoms with Gasteiger partial charge in [-0.05, 0) is 30.0 Å². The van der Waals surface area contributed by atoms with Crippen LogP contribution in [-0.2, 0) is 17.6 Å². The topological polar surface area (TPSA) is 61.8 Å². The molecule has 0 fully saturated rings. The highest BCUT2D eigenvalue weighted by Crippen LogP contribution is 2.29. The number of hydrogen-bond donors (Lipinski definition) is 2. The number of carbonyl (C=O) groups excluding carboxylic acids is 1. The van der Waals surface area contributed by atoms with Gasteiger partial charge in [-0.3, -0.25) is 0 Å². The van der Waals surface area contributed by atoms with Crippen LogP contribution in [0.4, 0.5) is 10.5 Å². The molecule has 0 saturated carbocycles. The van der Waals surface area contributed by atoms with E-state index in [1.54, 1.807) is 7.11 Å². The van der Waals surface area contributed by atoms with E-state index in [0.29, 0.717) is 18.2 Å². The third-order valence-electron chi connectivity index (χ3n) is 3.53. The number of methoxy groups -OCH3 is 1. The fraction of sp³-hybridized carbons (Fsp3) is 0.562. The molecule has 5 nitrogen and oxygen atoms in total. The van der Waals surface area contributed by atoms with Crippen LogP contribution in [0.25, 0.3) is 0 Å². The largest absolute Gasteiger partial charge is 0.395 e. The second-order valence-corrected chi connectivity index (χ2v) is 5.31. The van der Waals surface area contributed by atoms with Crippen molar-refractivity contribution in [2.24, 2.45) is 0 Å². The standard InChI is InChI=1S/C16H25ClN2O3/c1-4-12-6-7-14(17)13(5-2)15(12)18-16(21)19(8-10-20)9-11-22-3/h6-7,20H,4-5,8-11H2,1-3H3,(H,18,21). The van der Waals surface area contributed by atoms with E-state index in [4.69, 9.17) is 21.4 Å². The van der Waals surface area contributed by atoms with Gasteiger partial charge >= 0.3 is 6.03 Å². The molecule has 124 valence electrons. The van der Waals surface area contributed by atoms with Gasteiger partial charge in [-0.2, -0.15) is 0 Å². The molecule has 22 heavy (non-hydrogen) atoms. The Morgan fingerprint density at radius 1 is 1.32 bits per heavy atom. The van der Waals surface area contributed by atoms with Crippen molar-refractivity contribution in [3.63, 3.8) is 0 Å². The van der Waals surface area contributed by atoms with Crippen LogP contribution in [0.1, 0.15) is 25.0 Å². The summed E-state index contributed by atoms with van der Waals surface area (Å²) < 4.78 is 5.00. The summed E-state index contributed by atoms with van der Waals surface area (Å²) in [5, 5.41) is 12.7. The van der Waals surface area contributed by atoms with Crippen LogP contribution in [-0.4, -0.2) is 49.5 Å². The van der Waals surface area contributed by atoms with E-state index in [0.717, 1.165) is 29.7 Å². The van der Waals surface area contributed by atoms with E-state index in [1.807, 2.05) is 26.0 Å².